The van der Waals surface area contributed by atoms with E-state index in [1.165, 1.54) is 0 Å². The van der Waals surface area contributed by atoms with Crippen LogP contribution in [0.2, 0.25) is 25.2 Å². The van der Waals surface area contributed by atoms with Gasteiger partial charge in [-0.05, 0) is 5.56 Å². The van der Waals surface area contributed by atoms with Crippen molar-refractivity contribution in [3.05, 3.63) is 35.9 Å². The van der Waals surface area contributed by atoms with E-state index in [1.807, 2.05) is 50.0 Å². The topological polar surface area (TPSA) is 9.23 Å². The number of halogens is 2. The third kappa shape index (κ3) is 2.80. The summed E-state index contributed by atoms with van der Waals surface area (Å²) < 4.78 is 32.7. The molecule has 1 fully saturated rings. The fourth-order valence-electron chi connectivity index (χ4n) is 2.66. The lowest BCUT2D eigenvalue weighted by atomic mass is 10.2. The molecule has 2 atom stereocenters. The van der Waals surface area contributed by atoms with Crippen LogP contribution in [0, 0.1) is 5.92 Å². The molecule has 0 spiro atoms. The quantitative estimate of drug-likeness (QED) is 0.729. The molecule has 1 aliphatic rings. The summed E-state index contributed by atoms with van der Waals surface area (Å²) in [7, 11) is -1.78. The molecule has 0 radical (unpaired) electrons. The number of alkyl halides is 2. The first kappa shape index (κ1) is 13.7. The van der Waals surface area contributed by atoms with Crippen molar-refractivity contribution in [3.8, 4) is 0 Å². The molecule has 0 aromatic heterocycles. The molecule has 0 bridgehead atoms. The van der Waals surface area contributed by atoms with Crippen LogP contribution in [0.5, 0.6) is 0 Å². The molecule has 1 aromatic carbocycles. The second-order valence-corrected chi connectivity index (χ2v) is 11.5. The van der Waals surface area contributed by atoms with E-state index in [0.29, 0.717) is 6.61 Å². The Morgan fingerprint density at radius 1 is 1.17 bits per heavy atom. The van der Waals surface area contributed by atoms with Gasteiger partial charge in [-0.15, -0.1) is 0 Å². The van der Waals surface area contributed by atoms with Gasteiger partial charge >= 0.3 is 0 Å². The van der Waals surface area contributed by atoms with Crippen LogP contribution in [0.25, 0.3) is 0 Å². The second kappa shape index (κ2) is 4.74. The van der Waals surface area contributed by atoms with Crippen molar-refractivity contribution in [1.29, 1.82) is 0 Å². The summed E-state index contributed by atoms with van der Waals surface area (Å²) in [4.78, 5) is 0. The molecule has 0 heterocycles. The van der Waals surface area contributed by atoms with Crippen molar-refractivity contribution in [1.82, 2.24) is 0 Å². The van der Waals surface area contributed by atoms with Crippen molar-refractivity contribution < 1.29 is 13.5 Å². The fourth-order valence-corrected chi connectivity index (χ4v) is 5.45. The van der Waals surface area contributed by atoms with Crippen LogP contribution in [-0.2, 0) is 11.3 Å². The molecular formula is C14H20F2OSi. The van der Waals surface area contributed by atoms with Crippen molar-refractivity contribution in [2.24, 2.45) is 5.92 Å². The summed E-state index contributed by atoms with van der Waals surface area (Å²) in [5.41, 5.74) is 0.617. The van der Waals surface area contributed by atoms with Crippen molar-refractivity contribution in [2.45, 2.75) is 37.7 Å². The Morgan fingerprint density at radius 2 is 1.78 bits per heavy atom. The SMILES string of the molecule is C[Si](C)(C)[C@@H]1[C@@H](COCc2ccccc2)C1(F)F. The Hall–Kier alpha value is -0.743. The largest absolute Gasteiger partial charge is 0.376 e. The summed E-state index contributed by atoms with van der Waals surface area (Å²) >= 11 is 0. The Bertz CT molecular complexity index is 400. The van der Waals surface area contributed by atoms with Gasteiger partial charge in [-0.2, -0.15) is 0 Å². The van der Waals surface area contributed by atoms with Gasteiger partial charge in [0.15, 0.2) is 0 Å². The Balaban J connectivity index is 1.82. The number of rotatable bonds is 5. The average Bonchev–Trinajstić information content (AvgIpc) is 2.82. The van der Waals surface area contributed by atoms with E-state index in [1.54, 1.807) is 0 Å². The lowest BCUT2D eigenvalue weighted by Crippen LogP contribution is -2.23. The first-order valence-corrected chi connectivity index (χ1v) is 9.90. The Morgan fingerprint density at radius 3 is 2.28 bits per heavy atom. The van der Waals surface area contributed by atoms with Gasteiger partial charge in [0.1, 0.15) is 0 Å². The summed E-state index contributed by atoms with van der Waals surface area (Å²) in [5.74, 6) is -3.06. The average molecular weight is 270 g/mol. The molecule has 0 N–H and O–H groups in total. The van der Waals surface area contributed by atoms with E-state index in [4.69, 9.17) is 4.74 Å². The predicted molar refractivity (Wildman–Crippen MR) is 71.6 cm³/mol. The van der Waals surface area contributed by atoms with Gasteiger partial charge < -0.3 is 4.74 Å². The smallest absolute Gasteiger partial charge is 0.254 e. The van der Waals surface area contributed by atoms with Gasteiger partial charge in [0, 0.05) is 5.54 Å². The summed E-state index contributed by atoms with van der Waals surface area (Å²) in [6.07, 6.45) is 0. The summed E-state index contributed by atoms with van der Waals surface area (Å²) in [6.45, 7) is 6.61. The summed E-state index contributed by atoms with van der Waals surface area (Å²) in [5, 5.41) is 0. The highest BCUT2D eigenvalue weighted by Crippen LogP contribution is 2.64. The van der Waals surface area contributed by atoms with E-state index < -0.39 is 25.5 Å². The maximum absolute atomic E-state index is 13.6. The van der Waals surface area contributed by atoms with E-state index in [9.17, 15) is 8.78 Å². The highest BCUT2D eigenvalue weighted by atomic mass is 28.3. The lowest BCUT2D eigenvalue weighted by Gasteiger charge is -2.14. The number of benzene rings is 1. The first-order valence-electron chi connectivity index (χ1n) is 6.33. The fraction of sp³-hybridized carbons (Fsp3) is 0.571. The van der Waals surface area contributed by atoms with Crippen molar-refractivity contribution >= 4 is 8.07 Å². The standard InChI is InChI=1S/C14H20F2OSi/c1-18(2,3)13-12(14(13,15)16)10-17-9-11-7-5-4-6-8-11/h4-8,12-13H,9-10H2,1-3H3/t12-,13-/m1/s1. The van der Waals surface area contributed by atoms with E-state index in [-0.39, 0.29) is 6.61 Å². The molecule has 1 aromatic rings. The summed E-state index contributed by atoms with van der Waals surface area (Å²) in [6, 6.07) is 9.67. The molecule has 18 heavy (non-hydrogen) atoms. The minimum Gasteiger partial charge on any atom is -0.376 e. The molecule has 1 nitrogen and oxygen atoms in total. The zero-order valence-electron chi connectivity index (χ0n) is 11.1. The van der Waals surface area contributed by atoms with E-state index in [0.717, 1.165) is 5.56 Å². The van der Waals surface area contributed by atoms with Gasteiger partial charge in [-0.3, -0.25) is 0 Å². The maximum Gasteiger partial charge on any atom is 0.254 e. The Labute approximate surface area is 108 Å². The van der Waals surface area contributed by atoms with Crippen molar-refractivity contribution in [2.75, 3.05) is 6.61 Å². The third-order valence-electron chi connectivity index (χ3n) is 3.54. The second-order valence-electron chi connectivity index (χ2n) is 6.13. The van der Waals surface area contributed by atoms with Gasteiger partial charge in [0.2, 0.25) is 0 Å². The molecule has 100 valence electrons. The van der Waals surface area contributed by atoms with Crippen LogP contribution in [0.1, 0.15) is 5.56 Å². The number of hydrogen-bond donors (Lipinski definition) is 0. The van der Waals surface area contributed by atoms with Gasteiger partial charge in [0.25, 0.3) is 5.92 Å². The lowest BCUT2D eigenvalue weighted by molar-refractivity contribution is 0.0490. The highest BCUT2D eigenvalue weighted by Gasteiger charge is 2.71. The molecular weight excluding hydrogens is 250 g/mol. The molecule has 4 heteroatoms. The molecule has 0 unspecified atom stereocenters. The van der Waals surface area contributed by atoms with Crippen LogP contribution >= 0.6 is 0 Å². The molecule has 1 aliphatic carbocycles. The van der Waals surface area contributed by atoms with Gasteiger partial charge in [-0.25, -0.2) is 8.78 Å². The van der Waals surface area contributed by atoms with Crippen LogP contribution in [0.3, 0.4) is 0 Å². The number of hydrogen-bond acceptors (Lipinski definition) is 1. The van der Waals surface area contributed by atoms with E-state index in [2.05, 4.69) is 0 Å². The molecule has 2 rings (SSSR count). The monoisotopic (exact) mass is 270 g/mol. The maximum atomic E-state index is 13.6. The zero-order valence-corrected chi connectivity index (χ0v) is 12.1. The van der Waals surface area contributed by atoms with Crippen molar-refractivity contribution in [3.63, 3.8) is 0 Å². The zero-order chi connectivity index (χ0) is 13.4. The molecule has 1 saturated carbocycles. The third-order valence-corrected chi connectivity index (χ3v) is 6.20. The highest BCUT2D eigenvalue weighted by molar-refractivity contribution is 6.78. The van der Waals surface area contributed by atoms with Crippen LogP contribution in [-0.4, -0.2) is 20.6 Å². The van der Waals surface area contributed by atoms with E-state index >= 15 is 0 Å². The minimum atomic E-state index is -2.50. The van der Waals surface area contributed by atoms with Gasteiger partial charge in [-0.1, -0.05) is 50.0 Å². The first-order chi connectivity index (χ1) is 8.33. The number of ether oxygens (including phenoxy) is 1. The molecule has 0 amide bonds. The van der Waals surface area contributed by atoms with Crippen LogP contribution < -0.4 is 0 Å². The molecule has 0 aliphatic heterocycles. The van der Waals surface area contributed by atoms with Gasteiger partial charge in [0.05, 0.1) is 27.2 Å². The van der Waals surface area contributed by atoms with Crippen LogP contribution in [0.4, 0.5) is 8.78 Å². The molecule has 0 saturated heterocycles. The minimum absolute atomic E-state index is 0.177. The predicted octanol–water partition coefficient (Wildman–Crippen LogP) is 4.18. The normalized spacial score (nSPS) is 26.1. The Kier molecular flexibility index (Phi) is 3.60. The van der Waals surface area contributed by atoms with Crippen LogP contribution in [0.15, 0.2) is 30.3 Å².